The highest BCUT2D eigenvalue weighted by molar-refractivity contribution is 5.94. The maximum absolute atomic E-state index is 12.6. The summed E-state index contributed by atoms with van der Waals surface area (Å²) in [6.45, 7) is 2.00. The number of likely N-dealkylation sites (tertiary alicyclic amines) is 1. The van der Waals surface area contributed by atoms with Crippen LogP contribution in [0.25, 0.3) is 0 Å². The smallest absolute Gasteiger partial charge is 0.253 e. The van der Waals surface area contributed by atoms with Crippen LogP contribution in [0.3, 0.4) is 0 Å². The zero-order chi connectivity index (χ0) is 17.7. The lowest BCUT2D eigenvalue weighted by Gasteiger charge is -2.27. The second-order valence-electron chi connectivity index (χ2n) is 7.14. The van der Waals surface area contributed by atoms with Gasteiger partial charge in [0.1, 0.15) is 5.41 Å². The molecule has 0 bridgehead atoms. The normalized spacial score (nSPS) is 19.2. The molecule has 1 aliphatic carbocycles. The summed E-state index contributed by atoms with van der Waals surface area (Å²) in [5.74, 6) is -0.113. The molecule has 1 N–H and O–H groups in total. The summed E-state index contributed by atoms with van der Waals surface area (Å²) in [7, 11) is 0. The molecule has 2 amide bonds. The Kier molecular flexibility index (Phi) is 5.37. The van der Waals surface area contributed by atoms with Gasteiger partial charge in [0.05, 0.1) is 6.07 Å². The molecule has 1 aromatic rings. The molecule has 1 aromatic carbocycles. The fourth-order valence-electron chi connectivity index (χ4n) is 3.81. The van der Waals surface area contributed by atoms with E-state index in [9.17, 15) is 14.9 Å². The van der Waals surface area contributed by atoms with Gasteiger partial charge in [0.25, 0.3) is 5.91 Å². The standard InChI is InChI=1S/C20H25N3O2/c21-15-20(9-2-3-10-20)19(25)22-14-16-7-6-8-17(13-16)18(24)23-11-4-1-5-12-23/h6-8,13H,1-5,9-12,14H2,(H,22,25). The van der Waals surface area contributed by atoms with Crippen molar-refractivity contribution < 1.29 is 9.59 Å². The van der Waals surface area contributed by atoms with E-state index in [0.717, 1.165) is 44.3 Å². The number of rotatable bonds is 4. The summed E-state index contributed by atoms with van der Waals surface area (Å²) in [4.78, 5) is 26.9. The van der Waals surface area contributed by atoms with E-state index in [1.54, 1.807) is 0 Å². The molecule has 132 valence electrons. The van der Waals surface area contributed by atoms with E-state index in [-0.39, 0.29) is 11.8 Å². The van der Waals surface area contributed by atoms with Crippen molar-refractivity contribution in [2.45, 2.75) is 51.5 Å². The summed E-state index contributed by atoms with van der Waals surface area (Å²) in [5, 5.41) is 12.3. The van der Waals surface area contributed by atoms with Crippen LogP contribution in [0.15, 0.2) is 24.3 Å². The van der Waals surface area contributed by atoms with Gasteiger partial charge >= 0.3 is 0 Å². The van der Waals surface area contributed by atoms with E-state index in [1.165, 1.54) is 6.42 Å². The predicted octanol–water partition coefficient (Wildman–Crippen LogP) is 3.01. The van der Waals surface area contributed by atoms with Crippen molar-refractivity contribution in [3.8, 4) is 6.07 Å². The van der Waals surface area contributed by atoms with Gasteiger partial charge in [-0.1, -0.05) is 25.0 Å². The molecule has 0 spiro atoms. The van der Waals surface area contributed by atoms with Crippen LogP contribution in [0.5, 0.6) is 0 Å². The number of amides is 2. The van der Waals surface area contributed by atoms with Gasteiger partial charge in [0.15, 0.2) is 0 Å². The van der Waals surface area contributed by atoms with Crippen LogP contribution in [-0.2, 0) is 11.3 Å². The van der Waals surface area contributed by atoms with Gasteiger partial charge in [-0.2, -0.15) is 5.26 Å². The molecular weight excluding hydrogens is 314 g/mol. The lowest BCUT2D eigenvalue weighted by Crippen LogP contribution is -2.38. The van der Waals surface area contributed by atoms with Crippen molar-refractivity contribution in [1.82, 2.24) is 10.2 Å². The van der Waals surface area contributed by atoms with Gasteiger partial charge in [-0.3, -0.25) is 9.59 Å². The number of hydrogen-bond donors (Lipinski definition) is 1. The van der Waals surface area contributed by atoms with E-state index in [1.807, 2.05) is 29.2 Å². The molecule has 0 radical (unpaired) electrons. The minimum atomic E-state index is -0.860. The molecule has 2 aliphatic rings. The highest BCUT2D eigenvalue weighted by atomic mass is 16.2. The number of carbonyl (C=O) groups excluding carboxylic acids is 2. The number of benzene rings is 1. The maximum Gasteiger partial charge on any atom is 0.253 e. The van der Waals surface area contributed by atoms with E-state index in [0.29, 0.717) is 24.9 Å². The lowest BCUT2D eigenvalue weighted by molar-refractivity contribution is -0.128. The summed E-state index contributed by atoms with van der Waals surface area (Å²) in [6.07, 6.45) is 6.47. The molecule has 0 aromatic heterocycles. The van der Waals surface area contributed by atoms with Crippen LogP contribution in [0, 0.1) is 16.7 Å². The van der Waals surface area contributed by atoms with Crippen molar-refractivity contribution in [1.29, 1.82) is 5.26 Å². The molecule has 0 unspecified atom stereocenters. The first kappa shape index (κ1) is 17.5. The van der Waals surface area contributed by atoms with E-state index >= 15 is 0 Å². The average molecular weight is 339 g/mol. The maximum atomic E-state index is 12.6. The van der Waals surface area contributed by atoms with Crippen molar-refractivity contribution in [2.75, 3.05) is 13.1 Å². The first-order valence-corrected chi connectivity index (χ1v) is 9.22. The van der Waals surface area contributed by atoms with E-state index in [4.69, 9.17) is 0 Å². The zero-order valence-corrected chi connectivity index (χ0v) is 14.6. The molecule has 5 heteroatoms. The third-order valence-corrected chi connectivity index (χ3v) is 5.38. The number of nitriles is 1. The van der Waals surface area contributed by atoms with Gasteiger partial charge in [0, 0.05) is 25.2 Å². The molecule has 2 fully saturated rings. The van der Waals surface area contributed by atoms with Crippen molar-refractivity contribution >= 4 is 11.8 Å². The van der Waals surface area contributed by atoms with Crippen LogP contribution in [-0.4, -0.2) is 29.8 Å². The Morgan fingerprint density at radius 3 is 2.52 bits per heavy atom. The third kappa shape index (κ3) is 3.84. The van der Waals surface area contributed by atoms with Gasteiger partial charge < -0.3 is 10.2 Å². The first-order chi connectivity index (χ1) is 12.1. The largest absolute Gasteiger partial charge is 0.351 e. The molecule has 1 aliphatic heterocycles. The number of carbonyl (C=O) groups is 2. The third-order valence-electron chi connectivity index (χ3n) is 5.38. The molecule has 0 atom stereocenters. The Labute approximate surface area is 149 Å². The number of nitrogens with one attached hydrogen (secondary N) is 1. The number of hydrogen-bond acceptors (Lipinski definition) is 3. The Balaban J connectivity index is 1.63. The summed E-state index contributed by atoms with van der Waals surface area (Å²) in [6, 6.07) is 9.65. The zero-order valence-electron chi connectivity index (χ0n) is 14.6. The van der Waals surface area contributed by atoms with Crippen molar-refractivity contribution in [2.24, 2.45) is 5.41 Å². The van der Waals surface area contributed by atoms with Gasteiger partial charge in [-0.15, -0.1) is 0 Å². The lowest BCUT2D eigenvalue weighted by atomic mass is 9.87. The van der Waals surface area contributed by atoms with Gasteiger partial charge in [-0.05, 0) is 49.8 Å². The minimum Gasteiger partial charge on any atom is -0.351 e. The molecule has 25 heavy (non-hydrogen) atoms. The van der Waals surface area contributed by atoms with Crippen LogP contribution in [0.1, 0.15) is 60.9 Å². The summed E-state index contributed by atoms with van der Waals surface area (Å²) >= 11 is 0. The first-order valence-electron chi connectivity index (χ1n) is 9.22. The Bertz CT molecular complexity index is 680. The topological polar surface area (TPSA) is 73.2 Å². The quantitative estimate of drug-likeness (QED) is 0.916. The van der Waals surface area contributed by atoms with Gasteiger partial charge in [-0.25, -0.2) is 0 Å². The molecule has 1 heterocycles. The number of nitrogens with zero attached hydrogens (tertiary/aromatic N) is 2. The van der Waals surface area contributed by atoms with E-state index < -0.39 is 5.41 Å². The molecule has 1 saturated heterocycles. The Hall–Kier alpha value is -2.35. The molecule has 5 nitrogen and oxygen atoms in total. The SMILES string of the molecule is N#CC1(C(=O)NCc2cccc(C(=O)N3CCCCC3)c2)CCCC1. The minimum absolute atomic E-state index is 0.0668. The molecular formula is C20H25N3O2. The van der Waals surface area contributed by atoms with Crippen molar-refractivity contribution in [3.63, 3.8) is 0 Å². The summed E-state index contributed by atoms with van der Waals surface area (Å²) < 4.78 is 0. The highest BCUT2D eigenvalue weighted by Gasteiger charge is 2.41. The van der Waals surface area contributed by atoms with Crippen molar-refractivity contribution in [3.05, 3.63) is 35.4 Å². The average Bonchev–Trinajstić information content (AvgIpc) is 3.17. The van der Waals surface area contributed by atoms with E-state index in [2.05, 4.69) is 11.4 Å². The summed E-state index contributed by atoms with van der Waals surface area (Å²) in [5.41, 5.74) is 0.702. The highest BCUT2D eigenvalue weighted by Crippen LogP contribution is 2.37. The second-order valence-corrected chi connectivity index (χ2v) is 7.14. The molecule has 3 rings (SSSR count). The second kappa shape index (κ2) is 7.69. The fourth-order valence-corrected chi connectivity index (χ4v) is 3.81. The number of piperidine rings is 1. The predicted molar refractivity (Wildman–Crippen MR) is 94.6 cm³/mol. The Morgan fingerprint density at radius 2 is 1.84 bits per heavy atom. The molecule has 1 saturated carbocycles. The van der Waals surface area contributed by atoms with Crippen LogP contribution < -0.4 is 5.32 Å². The van der Waals surface area contributed by atoms with Crippen LogP contribution in [0.2, 0.25) is 0 Å². The van der Waals surface area contributed by atoms with Crippen LogP contribution >= 0.6 is 0 Å². The van der Waals surface area contributed by atoms with Gasteiger partial charge in [0.2, 0.25) is 5.91 Å². The Morgan fingerprint density at radius 1 is 1.12 bits per heavy atom. The fraction of sp³-hybridized carbons (Fsp3) is 0.550. The van der Waals surface area contributed by atoms with Crippen LogP contribution in [0.4, 0.5) is 0 Å². The monoisotopic (exact) mass is 339 g/mol.